The van der Waals surface area contributed by atoms with Crippen LogP contribution in [0.15, 0.2) is 72.9 Å². The van der Waals surface area contributed by atoms with Gasteiger partial charge in [-0.2, -0.15) is 0 Å². The van der Waals surface area contributed by atoms with E-state index in [2.05, 4.69) is 20.9 Å². The number of nitrogens with one attached hydrogen (secondary N) is 3. The zero-order valence-electron chi connectivity index (χ0n) is 15.1. The summed E-state index contributed by atoms with van der Waals surface area (Å²) in [6.45, 7) is 1.86. The van der Waals surface area contributed by atoms with Crippen LogP contribution < -0.4 is 16.0 Å². The maximum Gasteiger partial charge on any atom is 0.319 e. The molecule has 0 aliphatic carbocycles. The van der Waals surface area contributed by atoms with Crippen molar-refractivity contribution in [2.45, 2.75) is 13.0 Å². The van der Waals surface area contributed by atoms with Gasteiger partial charge >= 0.3 is 6.03 Å². The van der Waals surface area contributed by atoms with Gasteiger partial charge in [-0.3, -0.25) is 4.79 Å². The van der Waals surface area contributed by atoms with Gasteiger partial charge in [0.1, 0.15) is 5.82 Å². The van der Waals surface area contributed by atoms with E-state index in [0.29, 0.717) is 22.1 Å². The third-order valence-electron chi connectivity index (χ3n) is 3.99. The molecule has 3 rings (SSSR count). The van der Waals surface area contributed by atoms with Crippen LogP contribution in [0.4, 0.5) is 16.3 Å². The van der Waals surface area contributed by atoms with Gasteiger partial charge < -0.3 is 16.0 Å². The van der Waals surface area contributed by atoms with Crippen molar-refractivity contribution in [3.63, 3.8) is 0 Å². The molecule has 1 atom stereocenters. The predicted octanol–water partition coefficient (Wildman–Crippen LogP) is 4.87. The number of aromatic nitrogens is 1. The molecule has 3 aromatic rings. The number of anilines is 2. The molecule has 2 aromatic carbocycles. The van der Waals surface area contributed by atoms with Crippen LogP contribution in [0.2, 0.25) is 5.02 Å². The number of nitrogens with zero attached hydrogens (tertiary/aromatic N) is 1. The second-order valence-electron chi connectivity index (χ2n) is 6.13. The van der Waals surface area contributed by atoms with Crippen molar-refractivity contribution in [3.8, 4) is 0 Å². The number of hydrogen-bond donors (Lipinski definition) is 3. The minimum absolute atomic E-state index is 0.227. The Morgan fingerprint density at radius 1 is 0.964 bits per heavy atom. The minimum Gasteiger partial charge on any atom is -0.331 e. The van der Waals surface area contributed by atoms with Crippen LogP contribution in [0.1, 0.15) is 28.9 Å². The van der Waals surface area contributed by atoms with Crippen LogP contribution in [0, 0.1) is 0 Å². The highest BCUT2D eigenvalue weighted by Crippen LogP contribution is 2.18. The summed E-state index contributed by atoms with van der Waals surface area (Å²) in [5, 5.41) is 8.90. The zero-order valence-corrected chi connectivity index (χ0v) is 15.9. The molecular weight excluding hydrogens is 376 g/mol. The van der Waals surface area contributed by atoms with Crippen molar-refractivity contribution in [3.05, 3.63) is 89.1 Å². The molecule has 7 heteroatoms. The lowest BCUT2D eigenvalue weighted by Gasteiger charge is -2.15. The highest BCUT2D eigenvalue weighted by atomic mass is 35.5. The Bertz CT molecular complexity index is 979. The van der Waals surface area contributed by atoms with Crippen LogP contribution in [0.5, 0.6) is 0 Å². The van der Waals surface area contributed by atoms with E-state index in [1.807, 2.05) is 19.1 Å². The minimum atomic E-state index is -0.380. The molecule has 0 bridgehead atoms. The monoisotopic (exact) mass is 394 g/mol. The smallest absolute Gasteiger partial charge is 0.319 e. The molecule has 0 saturated carbocycles. The highest BCUT2D eigenvalue weighted by Gasteiger charge is 2.12. The summed E-state index contributed by atoms with van der Waals surface area (Å²) in [7, 11) is 0. The van der Waals surface area contributed by atoms with E-state index in [0.717, 1.165) is 5.56 Å². The fourth-order valence-corrected chi connectivity index (χ4v) is 2.79. The predicted molar refractivity (Wildman–Crippen MR) is 111 cm³/mol. The Morgan fingerprint density at radius 2 is 1.79 bits per heavy atom. The lowest BCUT2D eigenvalue weighted by atomic mass is 10.1. The second kappa shape index (κ2) is 9.01. The number of carbonyl (C=O) groups is 2. The summed E-state index contributed by atoms with van der Waals surface area (Å²) in [5.41, 5.74) is 1.81. The van der Waals surface area contributed by atoms with Gasteiger partial charge in [0.25, 0.3) is 5.91 Å². The number of amides is 3. The van der Waals surface area contributed by atoms with Gasteiger partial charge in [-0.1, -0.05) is 35.9 Å². The average molecular weight is 395 g/mol. The Balaban J connectivity index is 1.62. The molecule has 0 aliphatic heterocycles. The van der Waals surface area contributed by atoms with E-state index in [1.54, 1.807) is 60.8 Å². The van der Waals surface area contributed by atoms with Crippen molar-refractivity contribution >= 4 is 35.0 Å². The molecule has 3 N–H and O–H groups in total. The molecule has 0 spiro atoms. The maximum atomic E-state index is 12.4. The molecule has 3 amide bonds. The van der Waals surface area contributed by atoms with E-state index >= 15 is 0 Å². The SMILES string of the molecule is C[C@@H](NC(=O)Nc1cccc(C(=O)Nc2ccccn2)c1)c1cccc(Cl)c1. The van der Waals surface area contributed by atoms with Crippen molar-refractivity contribution in [2.24, 2.45) is 0 Å². The fourth-order valence-electron chi connectivity index (χ4n) is 2.59. The number of pyridine rings is 1. The number of halogens is 1. The molecule has 0 saturated heterocycles. The molecule has 0 unspecified atom stereocenters. The fraction of sp³-hybridized carbons (Fsp3) is 0.0952. The van der Waals surface area contributed by atoms with Gasteiger partial charge in [0.05, 0.1) is 6.04 Å². The van der Waals surface area contributed by atoms with Crippen LogP contribution in [-0.4, -0.2) is 16.9 Å². The Kier molecular flexibility index (Phi) is 6.24. The summed E-state index contributed by atoms with van der Waals surface area (Å²) in [6.07, 6.45) is 1.60. The Labute approximate surface area is 168 Å². The van der Waals surface area contributed by atoms with E-state index in [1.165, 1.54) is 0 Å². The van der Waals surface area contributed by atoms with E-state index in [4.69, 9.17) is 11.6 Å². The molecule has 6 nitrogen and oxygen atoms in total. The summed E-state index contributed by atoms with van der Waals surface area (Å²) in [4.78, 5) is 28.7. The first-order valence-corrected chi connectivity index (χ1v) is 9.04. The number of urea groups is 1. The molecule has 0 radical (unpaired) electrons. The maximum absolute atomic E-state index is 12.4. The van der Waals surface area contributed by atoms with Gasteiger partial charge in [-0.25, -0.2) is 9.78 Å². The van der Waals surface area contributed by atoms with Gasteiger partial charge in [0.15, 0.2) is 0 Å². The van der Waals surface area contributed by atoms with Gasteiger partial charge in [0, 0.05) is 22.5 Å². The Hall–Kier alpha value is -3.38. The number of rotatable bonds is 5. The third kappa shape index (κ3) is 5.31. The van der Waals surface area contributed by atoms with Gasteiger partial charge in [-0.15, -0.1) is 0 Å². The topological polar surface area (TPSA) is 83.1 Å². The molecule has 28 heavy (non-hydrogen) atoms. The van der Waals surface area contributed by atoms with Crippen LogP contribution in [0.3, 0.4) is 0 Å². The third-order valence-corrected chi connectivity index (χ3v) is 4.22. The van der Waals surface area contributed by atoms with Crippen molar-refractivity contribution in [1.29, 1.82) is 0 Å². The lowest BCUT2D eigenvalue weighted by Crippen LogP contribution is -2.31. The van der Waals surface area contributed by atoms with Crippen LogP contribution in [-0.2, 0) is 0 Å². The van der Waals surface area contributed by atoms with Crippen molar-refractivity contribution in [2.75, 3.05) is 10.6 Å². The average Bonchev–Trinajstić information content (AvgIpc) is 2.69. The zero-order chi connectivity index (χ0) is 19.9. The lowest BCUT2D eigenvalue weighted by molar-refractivity contribution is 0.102. The standard InChI is InChI=1S/C21H19ClN4O2/c1-14(15-6-4-8-17(22)12-15)24-21(28)25-18-9-5-7-16(13-18)20(27)26-19-10-2-3-11-23-19/h2-14H,1H3,(H,23,26,27)(H2,24,25,28)/t14-/m1/s1. The number of hydrogen-bond acceptors (Lipinski definition) is 3. The first kappa shape index (κ1) is 19.4. The van der Waals surface area contributed by atoms with E-state index < -0.39 is 0 Å². The summed E-state index contributed by atoms with van der Waals surface area (Å²) in [5.74, 6) is 0.147. The highest BCUT2D eigenvalue weighted by molar-refractivity contribution is 6.30. The normalized spacial score (nSPS) is 11.4. The number of benzene rings is 2. The van der Waals surface area contributed by atoms with E-state index in [9.17, 15) is 9.59 Å². The van der Waals surface area contributed by atoms with Crippen LogP contribution >= 0.6 is 11.6 Å². The summed E-state index contributed by atoms with van der Waals surface area (Å²) >= 11 is 5.99. The van der Waals surface area contributed by atoms with E-state index in [-0.39, 0.29) is 18.0 Å². The molecule has 1 aromatic heterocycles. The first-order valence-electron chi connectivity index (χ1n) is 8.67. The summed E-state index contributed by atoms with van der Waals surface area (Å²) < 4.78 is 0. The molecule has 0 fully saturated rings. The molecule has 0 aliphatic rings. The Morgan fingerprint density at radius 3 is 2.54 bits per heavy atom. The van der Waals surface area contributed by atoms with Gasteiger partial charge in [0.2, 0.25) is 0 Å². The first-order chi connectivity index (χ1) is 13.5. The molecular formula is C21H19ClN4O2. The van der Waals surface area contributed by atoms with Crippen molar-refractivity contribution in [1.82, 2.24) is 10.3 Å². The summed E-state index contributed by atoms with van der Waals surface area (Å²) in [6, 6.07) is 18.6. The van der Waals surface area contributed by atoms with Gasteiger partial charge in [-0.05, 0) is 55.0 Å². The second-order valence-corrected chi connectivity index (χ2v) is 6.56. The largest absolute Gasteiger partial charge is 0.331 e. The molecule has 1 heterocycles. The van der Waals surface area contributed by atoms with Crippen molar-refractivity contribution < 1.29 is 9.59 Å². The number of carbonyl (C=O) groups excluding carboxylic acids is 2. The molecule has 142 valence electrons. The van der Waals surface area contributed by atoms with Crippen LogP contribution in [0.25, 0.3) is 0 Å². The quantitative estimate of drug-likeness (QED) is 0.577.